The van der Waals surface area contributed by atoms with E-state index in [9.17, 15) is 17.6 Å². The van der Waals surface area contributed by atoms with Crippen molar-refractivity contribution < 1.29 is 27.8 Å². The number of rotatable bonds is 5. The molecule has 0 heterocycles. The maximum Gasteiger partial charge on any atom is 0.333 e. The molecular formula is C10H12FNO5S. The van der Waals surface area contributed by atoms with Gasteiger partial charge >= 0.3 is 5.97 Å². The smallest absolute Gasteiger partial charge is 0.333 e. The Morgan fingerprint density at radius 2 is 2.11 bits per heavy atom. The van der Waals surface area contributed by atoms with Crippen LogP contribution in [0.4, 0.5) is 4.39 Å². The molecule has 1 atom stereocenters. The van der Waals surface area contributed by atoms with Crippen molar-refractivity contribution in [2.45, 2.75) is 17.9 Å². The van der Waals surface area contributed by atoms with Crippen LogP contribution in [-0.4, -0.2) is 37.2 Å². The standard InChI is InChI=1S/C10H12FNO5S/c1-6-2-3-7(4-8(6)11)18(16,17)12-5-9(13)10(14)15/h2-4,9,12-13H,5H2,1H3,(H,14,15)/t9-/m0/s1. The van der Waals surface area contributed by atoms with Gasteiger partial charge in [-0.05, 0) is 24.6 Å². The molecule has 0 saturated carbocycles. The maximum atomic E-state index is 13.2. The second-order valence-corrected chi connectivity index (χ2v) is 5.38. The minimum atomic E-state index is -4.04. The first kappa shape index (κ1) is 14.6. The highest BCUT2D eigenvalue weighted by Gasteiger charge is 2.20. The molecular weight excluding hydrogens is 265 g/mol. The first-order chi connectivity index (χ1) is 8.24. The molecule has 0 aromatic heterocycles. The lowest BCUT2D eigenvalue weighted by Gasteiger charge is -2.09. The summed E-state index contributed by atoms with van der Waals surface area (Å²) in [6.45, 7) is 0.792. The number of aryl methyl sites for hydroxylation is 1. The van der Waals surface area contributed by atoms with Gasteiger partial charge in [0.2, 0.25) is 10.0 Å². The Morgan fingerprint density at radius 3 is 2.61 bits per heavy atom. The molecule has 1 aromatic rings. The Kier molecular flexibility index (Phi) is 4.38. The van der Waals surface area contributed by atoms with Crippen molar-refractivity contribution >= 4 is 16.0 Å². The van der Waals surface area contributed by atoms with Gasteiger partial charge in [0, 0.05) is 6.54 Å². The maximum absolute atomic E-state index is 13.2. The number of carbonyl (C=O) groups is 1. The van der Waals surface area contributed by atoms with Crippen molar-refractivity contribution in [3.63, 3.8) is 0 Å². The van der Waals surface area contributed by atoms with E-state index >= 15 is 0 Å². The zero-order valence-corrected chi connectivity index (χ0v) is 10.2. The van der Waals surface area contributed by atoms with Gasteiger partial charge in [-0.3, -0.25) is 0 Å². The van der Waals surface area contributed by atoms with Gasteiger partial charge in [0.15, 0.2) is 6.10 Å². The van der Waals surface area contributed by atoms with Crippen LogP contribution in [0.5, 0.6) is 0 Å². The Bertz CT molecular complexity index is 557. The van der Waals surface area contributed by atoms with Crippen molar-refractivity contribution in [3.8, 4) is 0 Å². The molecule has 0 unspecified atom stereocenters. The zero-order chi connectivity index (χ0) is 13.9. The van der Waals surface area contributed by atoms with Crippen molar-refractivity contribution in [1.29, 1.82) is 0 Å². The van der Waals surface area contributed by atoms with Crippen molar-refractivity contribution in [3.05, 3.63) is 29.6 Å². The minimum Gasteiger partial charge on any atom is -0.479 e. The molecule has 1 rings (SSSR count). The Balaban J connectivity index is 2.87. The number of aliphatic carboxylic acids is 1. The number of hydrogen-bond acceptors (Lipinski definition) is 4. The molecule has 0 saturated heterocycles. The average Bonchev–Trinajstić information content (AvgIpc) is 2.29. The summed E-state index contributed by atoms with van der Waals surface area (Å²) >= 11 is 0. The minimum absolute atomic E-state index is 0.291. The fourth-order valence-corrected chi connectivity index (χ4v) is 2.15. The third kappa shape index (κ3) is 3.49. The molecule has 100 valence electrons. The lowest BCUT2D eigenvalue weighted by atomic mass is 10.2. The molecule has 0 aliphatic carbocycles. The van der Waals surface area contributed by atoms with Crippen LogP contribution in [0.15, 0.2) is 23.1 Å². The van der Waals surface area contributed by atoms with E-state index in [0.29, 0.717) is 5.56 Å². The van der Waals surface area contributed by atoms with Crippen LogP contribution in [0.25, 0.3) is 0 Å². The topological polar surface area (TPSA) is 104 Å². The Labute approximate surface area is 103 Å². The van der Waals surface area contributed by atoms with E-state index in [2.05, 4.69) is 0 Å². The van der Waals surface area contributed by atoms with Crippen molar-refractivity contribution in [2.24, 2.45) is 0 Å². The zero-order valence-electron chi connectivity index (χ0n) is 9.42. The van der Waals surface area contributed by atoms with E-state index in [-0.39, 0.29) is 4.90 Å². The van der Waals surface area contributed by atoms with E-state index in [0.717, 1.165) is 6.07 Å². The number of halogens is 1. The summed E-state index contributed by atoms with van der Waals surface area (Å²) in [4.78, 5) is 9.98. The molecule has 8 heteroatoms. The third-order valence-electron chi connectivity index (χ3n) is 2.21. The van der Waals surface area contributed by atoms with Crippen molar-refractivity contribution in [1.82, 2.24) is 4.72 Å². The lowest BCUT2D eigenvalue weighted by Crippen LogP contribution is -2.36. The van der Waals surface area contributed by atoms with Crippen LogP contribution in [0.3, 0.4) is 0 Å². The van der Waals surface area contributed by atoms with Crippen LogP contribution in [0.2, 0.25) is 0 Å². The first-order valence-electron chi connectivity index (χ1n) is 4.91. The summed E-state index contributed by atoms with van der Waals surface area (Å²) in [7, 11) is -4.04. The van der Waals surface area contributed by atoms with Gasteiger partial charge in [-0.1, -0.05) is 6.07 Å². The van der Waals surface area contributed by atoms with Gasteiger partial charge in [-0.15, -0.1) is 0 Å². The van der Waals surface area contributed by atoms with Crippen LogP contribution < -0.4 is 4.72 Å². The summed E-state index contributed by atoms with van der Waals surface area (Å²) < 4.78 is 38.4. The summed E-state index contributed by atoms with van der Waals surface area (Å²) in [6.07, 6.45) is -1.85. The predicted octanol–water partition coefficient (Wildman–Crippen LogP) is -0.142. The number of aliphatic hydroxyl groups excluding tert-OH is 1. The van der Waals surface area contributed by atoms with E-state index in [1.807, 2.05) is 4.72 Å². The van der Waals surface area contributed by atoms with Gasteiger partial charge < -0.3 is 10.2 Å². The summed E-state index contributed by atoms with van der Waals surface area (Å²) in [5, 5.41) is 17.3. The number of aliphatic hydroxyl groups is 1. The highest BCUT2D eigenvalue weighted by molar-refractivity contribution is 7.89. The van der Waals surface area contributed by atoms with Gasteiger partial charge in [0.25, 0.3) is 0 Å². The van der Waals surface area contributed by atoms with E-state index in [1.165, 1.54) is 19.1 Å². The van der Waals surface area contributed by atoms with Crippen LogP contribution in [-0.2, 0) is 14.8 Å². The summed E-state index contributed by atoms with van der Waals surface area (Å²) in [6, 6.07) is 3.30. The highest BCUT2D eigenvalue weighted by Crippen LogP contribution is 2.13. The van der Waals surface area contributed by atoms with Crippen molar-refractivity contribution in [2.75, 3.05) is 6.54 Å². The van der Waals surface area contributed by atoms with Crippen LogP contribution >= 0.6 is 0 Å². The van der Waals surface area contributed by atoms with Gasteiger partial charge in [0.05, 0.1) is 4.90 Å². The number of nitrogens with one attached hydrogen (secondary N) is 1. The molecule has 0 amide bonds. The summed E-state index contributed by atoms with van der Waals surface area (Å²) in [5.41, 5.74) is 0.291. The Morgan fingerprint density at radius 1 is 1.50 bits per heavy atom. The average molecular weight is 277 g/mol. The fourth-order valence-electron chi connectivity index (χ4n) is 1.10. The van der Waals surface area contributed by atoms with Gasteiger partial charge in [-0.25, -0.2) is 22.3 Å². The molecule has 6 nitrogen and oxygen atoms in total. The second-order valence-electron chi connectivity index (χ2n) is 3.62. The number of hydrogen-bond donors (Lipinski definition) is 3. The van der Waals surface area contributed by atoms with E-state index in [1.54, 1.807) is 0 Å². The third-order valence-corrected chi connectivity index (χ3v) is 3.63. The largest absolute Gasteiger partial charge is 0.479 e. The van der Waals surface area contributed by atoms with Crippen LogP contribution in [0.1, 0.15) is 5.56 Å². The van der Waals surface area contributed by atoms with E-state index in [4.69, 9.17) is 10.2 Å². The SMILES string of the molecule is Cc1ccc(S(=O)(=O)NC[C@H](O)C(=O)O)cc1F. The monoisotopic (exact) mass is 277 g/mol. The molecule has 0 radical (unpaired) electrons. The van der Waals surface area contributed by atoms with Gasteiger partial charge in [-0.2, -0.15) is 0 Å². The highest BCUT2D eigenvalue weighted by atomic mass is 32.2. The lowest BCUT2D eigenvalue weighted by molar-refractivity contribution is -0.146. The summed E-state index contributed by atoms with van der Waals surface area (Å²) in [5.74, 6) is -2.23. The quantitative estimate of drug-likeness (QED) is 0.695. The number of carboxylic acids is 1. The number of benzene rings is 1. The fraction of sp³-hybridized carbons (Fsp3) is 0.300. The second kappa shape index (κ2) is 5.42. The molecule has 0 aliphatic heterocycles. The predicted molar refractivity (Wildman–Crippen MR) is 60.0 cm³/mol. The normalized spacial score (nSPS) is 13.3. The Hall–Kier alpha value is -1.51. The number of sulfonamides is 1. The van der Waals surface area contributed by atoms with E-state index < -0.39 is 34.5 Å². The molecule has 18 heavy (non-hydrogen) atoms. The molecule has 0 bridgehead atoms. The first-order valence-corrected chi connectivity index (χ1v) is 6.39. The number of carboxylic acid groups (broad SMARTS) is 1. The molecule has 0 fully saturated rings. The molecule has 3 N–H and O–H groups in total. The molecule has 0 spiro atoms. The molecule has 0 aliphatic rings. The van der Waals surface area contributed by atoms with Gasteiger partial charge in [0.1, 0.15) is 5.82 Å². The van der Waals surface area contributed by atoms with Crippen LogP contribution in [0, 0.1) is 12.7 Å². The molecule has 1 aromatic carbocycles.